The zero-order valence-electron chi connectivity index (χ0n) is 13.3. The van der Waals surface area contributed by atoms with E-state index in [9.17, 15) is 9.90 Å². The van der Waals surface area contributed by atoms with Gasteiger partial charge in [-0.2, -0.15) is 0 Å². The highest BCUT2D eigenvalue weighted by atomic mass is 16.4. The van der Waals surface area contributed by atoms with Crippen molar-refractivity contribution in [3.05, 3.63) is 39.7 Å². The van der Waals surface area contributed by atoms with Gasteiger partial charge in [-0.05, 0) is 50.4 Å². The first-order valence-electron chi connectivity index (χ1n) is 8.09. The molecule has 1 saturated heterocycles. The first kappa shape index (κ1) is 15.1. The second kappa shape index (κ2) is 6.13. The molecular formula is C18H23NO3. The Morgan fingerprint density at radius 2 is 2.18 bits per heavy atom. The van der Waals surface area contributed by atoms with Crippen LogP contribution in [0.2, 0.25) is 0 Å². The molecule has 1 aliphatic heterocycles. The number of piperidine rings is 1. The SMILES string of the molecule is CC[C@H]1CCCCN1Cc1cc(=O)oc2c(C)c(O)ccc12. The lowest BCUT2D eigenvalue weighted by Gasteiger charge is -2.35. The Labute approximate surface area is 130 Å². The Balaban J connectivity index is 2.03. The number of likely N-dealkylation sites (tertiary alicyclic amines) is 1. The van der Waals surface area contributed by atoms with Gasteiger partial charge in [-0.3, -0.25) is 4.90 Å². The number of rotatable bonds is 3. The zero-order chi connectivity index (χ0) is 15.7. The Kier molecular flexibility index (Phi) is 4.21. The molecule has 1 aromatic carbocycles. The predicted octanol–water partition coefficient (Wildman–Crippen LogP) is 3.57. The van der Waals surface area contributed by atoms with Crippen LogP contribution in [-0.2, 0) is 6.54 Å². The van der Waals surface area contributed by atoms with Crippen molar-refractivity contribution in [2.75, 3.05) is 6.54 Å². The Morgan fingerprint density at radius 1 is 1.36 bits per heavy atom. The van der Waals surface area contributed by atoms with Crippen molar-refractivity contribution >= 4 is 11.0 Å². The topological polar surface area (TPSA) is 53.7 Å². The number of hydrogen-bond donors (Lipinski definition) is 1. The number of phenols is 1. The van der Waals surface area contributed by atoms with Crippen molar-refractivity contribution in [3.63, 3.8) is 0 Å². The summed E-state index contributed by atoms with van der Waals surface area (Å²) in [5.74, 6) is 0.164. The average Bonchev–Trinajstić information content (AvgIpc) is 2.52. The number of phenolic OH excluding ortho intramolecular Hbond substituents is 1. The Hall–Kier alpha value is -1.81. The summed E-state index contributed by atoms with van der Waals surface area (Å²) in [4.78, 5) is 14.4. The molecule has 3 rings (SSSR count). The van der Waals surface area contributed by atoms with Crippen LogP contribution in [0.1, 0.15) is 43.7 Å². The second-order valence-electron chi connectivity index (χ2n) is 6.21. The zero-order valence-corrected chi connectivity index (χ0v) is 13.3. The smallest absolute Gasteiger partial charge is 0.336 e. The van der Waals surface area contributed by atoms with E-state index in [-0.39, 0.29) is 11.4 Å². The number of benzene rings is 1. The molecule has 1 aliphatic rings. The lowest BCUT2D eigenvalue weighted by molar-refractivity contribution is 0.136. The highest BCUT2D eigenvalue weighted by Crippen LogP contribution is 2.29. The molecule has 0 amide bonds. The van der Waals surface area contributed by atoms with Gasteiger partial charge in [-0.15, -0.1) is 0 Å². The number of fused-ring (bicyclic) bond motifs is 1. The summed E-state index contributed by atoms with van der Waals surface area (Å²) in [5.41, 5.74) is 1.78. The van der Waals surface area contributed by atoms with Gasteiger partial charge in [0, 0.05) is 29.6 Å². The summed E-state index contributed by atoms with van der Waals surface area (Å²) < 4.78 is 5.32. The van der Waals surface area contributed by atoms with Gasteiger partial charge in [-0.1, -0.05) is 13.3 Å². The third kappa shape index (κ3) is 2.75. The summed E-state index contributed by atoms with van der Waals surface area (Å²) >= 11 is 0. The molecule has 1 atom stereocenters. The number of nitrogens with zero attached hydrogens (tertiary/aromatic N) is 1. The van der Waals surface area contributed by atoms with Crippen LogP contribution < -0.4 is 5.63 Å². The molecule has 0 radical (unpaired) electrons. The van der Waals surface area contributed by atoms with Crippen molar-refractivity contribution in [1.29, 1.82) is 0 Å². The van der Waals surface area contributed by atoms with E-state index in [0.29, 0.717) is 17.2 Å². The van der Waals surface area contributed by atoms with Crippen LogP contribution in [0.5, 0.6) is 5.75 Å². The molecule has 22 heavy (non-hydrogen) atoms. The van der Waals surface area contributed by atoms with Gasteiger partial charge in [-0.25, -0.2) is 4.79 Å². The predicted molar refractivity (Wildman–Crippen MR) is 87.2 cm³/mol. The van der Waals surface area contributed by atoms with Gasteiger partial charge in [0.2, 0.25) is 0 Å². The maximum atomic E-state index is 11.9. The van der Waals surface area contributed by atoms with Crippen LogP contribution in [0.4, 0.5) is 0 Å². The fourth-order valence-electron chi connectivity index (χ4n) is 3.50. The molecule has 1 N–H and O–H groups in total. The summed E-state index contributed by atoms with van der Waals surface area (Å²) in [7, 11) is 0. The lowest BCUT2D eigenvalue weighted by Crippen LogP contribution is -2.38. The largest absolute Gasteiger partial charge is 0.508 e. The summed E-state index contributed by atoms with van der Waals surface area (Å²) in [5, 5.41) is 10.8. The minimum absolute atomic E-state index is 0.164. The Bertz CT molecular complexity index is 735. The van der Waals surface area contributed by atoms with Crippen molar-refractivity contribution < 1.29 is 9.52 Å². The van der Waals surface area contributed by atoms with E-state index in [4.69, 9.17) is 4.42 Å². The summed E-state index contributed by atoms with van der Waals surface area (Å²) in [6, 6.07) is 5.71. The molecule has 2 heterocycles. The summed E-state index contributed by atoms with van der Waals surface area (Å²) in [6.45, 7) is 5.85. The highest BCUT2D eigenvalue weighted by molar-refractivity contribution is 5.84. The molecule has 118 valence electrons. The molecule has 0 bridgehead atoms. The molecular weight excluding hydrogens is 278 g/mol. The van der Waals surface area contributed by atoms with Crippen LogP contribution in [0.25, 0.3) is 11.0 Å². The number of aromatic hydroxyl groups is 1. The maximum Gasteiger partial charge on any atom is 0.336 e. The van der Waals surface area contributed by atoms with Gasteiger partial charge in [0.25, 0.3) is 0 Å². The molecule has 0 aliphatic carbocycles. The van der Waals surface area contributed by atoms with Crippen LogP contribution in [0.3, 0.4) is 0 Å². The molecule has 0 saturated carbocycles. The first-order chi connectivity index (χ1) is 10.6. The quantitative estimate of drug-likeness (QED) is 0.881. The molecule has 0 unspecified atom stereocenters. The van der Waals surface area contributed by atoms with Crippen LogP contribution in [0, 0.1) is 6.92 Å². The Morgan fingerprint density at radius 3 is 2.95 bits per heavy atom. The van der Waals surface area contributed by atoms with E-state index in [1.807, 2.05) is 6.07 Å². The van der Waals surface area contributed by atoms with E-state index in [1.165, 1.54) is 19.3 Å². The third-order valence-electron chi connectivity index (χ3n) is 4.81. The van der Waals surface area contributed by atoms with E-state index in [0.717, 1.165) is 30.5 Å². The average molecular weight is 301 g/mol. The maximum absolute atomic E-state index is 11.9. The molecule has 1 aromatic heterocycles. The molecule has 1 fully saturated rings. The van der Waals surface area contributed by atoms with Gasteiger partial charge in [0.1, 0.15) is 11.3 Å². The molecule has 2 aromatic rings. The van der Waals surface area contributed by atoms with Gasteiger partial charge < -0.3 is 9.52 Å². The van der Waals surface area contributed by atoms with E-state index >= 15 is 0 Å². The standard InChI is InChI=1S/C18H23NO3/c1-3-14-6-4-5-9-19(14)11-13-10-17(21)22-18-12(2)16(20)8-7-15(13)18/h7-8,10,14,20H,3-6,9,11H2,1-2H3/t14-/m0/s1. The first-order valence-corrected chi connectivity index (χ1v) is 8.09. The highest BCUT2D eigenvalue weighted by Gasteiger charge is 2.22. The normalized spacial score (nSPS) is 19.6. The van der Waals surface area contributed by atoms with Crippen molar-refractivity contribution in [3.8, 4) is 5.75 Å². The van der Waals surface area contributed by atoms with Crippen LogP contribution in [-0.4, -0.2) is 22.6 Å². The lowest BCUT2D eigenvalue weighted by atomic mass is 9.98. The number of hydrogen-bond acceptors (Lipinski definition) is 4. The van der Waals surface area contributed by atoms with Gasteiger partial charge in [0.05, 0.1) is 0 Å². The van der Waals surface area contributed by atoms with Gasteiger partial charge >= 0.3 is 5.63 Å². The monoisotopic (exact) mass is 301 g/mol. The van der Waals surface area contributed by atoms with Gasteiger partial charge in [0.15, 0.2) is 0 Å². The van der Waals surface area contributed by atoms with Crippen molar-refractivity contribution in [2.24, 2.45) is 0 Å². The molecule has 4 heteroatoms. The second-order valence-corrected chi connectivity index (χ2v) is 6.21. The number of aryl methyl sites for hydroxylation is 1. The van der Waals surface area contributed by atoms with Crippen LogP contribution in [0.15, 0.2) is 27.4 Å². The summed E-state index contributed by atoms with van der Waals surface area (Å²) in [6.07, 6.45) is 4.88. The third-order valence-corrected chi connectivity index (χ3v) is 4.81. The fraction of sp³-hybridized carbons (Fsp3) is 0.500. The van der Waals surface area contributed by atoms with Crippen molar-refractivity contribution in [1.82, 2.24) is 4.90 Å². The minimum atomic E-state index is -0.346. The fourth-order valence-corrected chi connectivity index (χ4v) is 3.50. The van der Waals surface area contributed by atoms with E-state index in [2.05, 4.69) is 11.8 Å². The minimum Gasteiger partial charge on any atom is -0.508 e. The van der Waals surface area contributed by atoms with E-state index < -0.39 is 0 Å². The van der Waals surface area contributed by atoms with E-state index in [1.54, 1.807) is 19.1 Å². The van der Waals surface area contributed by atoms with Crippen molar-refractivity contribution in [2.45, 2.75) is 52.1 Å². The molecule has 4 nitrogen and oxygen atoms in total. The molecule has 0 spiro atoms. The van der Waals surface area contributed by atoms with Crippen LogP contribution >= 0.6 is 0 Å².